The van der Waals surface area contributed by atoms with Crippen LogP contribution in [0.5, 0.6) is 0 Å². The van der Waals surface area contributed by atoms with Crippen LogP contribution in [0.25, 0.3) is 11.0 Å². The average Bonchev–Trinajstić information content (AvgIpc) is 2.78. The van der Waals surface area contributed by atoms with Gasteiger partial charge in [-0.25, -0.2) is 0 Å². The molecule has 0 saturated heterocycles. The van der Waals surface area contributed by atoms with Crippen LogP contribution >= 0.6 is 12.2 Å². The van der Waals surface area contributed by atoms with Crippen LogP contribution in [0.15, 0.2) is 18.2 Å². The van der Waals surface area contributed by atoms with Crippen molar-refractivity contribution in [3.8, 4) is 6.07 Å². The summed E-state index contributed by atoms with van der Waals surface area (Å²) in [4.78, 5) is 5.61. The van der Waals surface area contributed by atoms with Gasteiger partial charge in [0.05, 0.1) is 22.7 Å². The van der Waals surface area contributed by atoms with E-state index in [0.29, 0.717) is 5.56 Å². The van der Waals surface area contributed by atoms with Gasteiger partial charge < -0.3 is 14.5 Å². The fourth-order valence-electron chi connectivity index (χ4n) is 2.43. The van der Waals surface area contributed by atoms with Gasteiger partial charge in [0.15, 0.2) is 4.77 Å². The molecule has 0 saturated carbocycles. The van der Waals surface area contributed by atoms with Gasteiger partial charge in [0.2, 0.25) is 0 Å². The smallest absolute Gasteiger partial charge is 0.178 e. The number of likely N-dealkylation sites (N-methyl/N-ethyl adjacent to an activating group) is 1. The van der Waals surface area contributed by atoms with Crippen LogP contribution in [0, 0.1) is 16.1 Å². The zero-order chi connectivity index (χ0) is 14.5. The highest BCUT2D eigenvalue weighted by Crippen LogP contribution is 2.16. The number of aromatic amines is 1. The first kappa shape index (κ1) is 14.8. The minimum Gasteiger partial charge on any atom is -0.331 e. The fourth-order valence-corrected chi connectivity index (χ4v) is 2.73. The number of aromatic nitrogens is 2. The number of hydrogen-bond acceptors (Lipinski definition) is 3. The van der Waals surface area contributed by atoms with Crippen LogP contribution in [-0.4, -0.2) is 34.1 Å². The van der Waals surface area contributed by atoms with E-state index in [2.05, 4.69) is 34.4 Å². The third kappa shape index (κ3) is 3.09. The molecule has 0 aliphatic heterocycles. The second kappa shape index (κ2) is 6.69. The van der Waals surface area contributed by atoms with Crippen molar-refractivity contribution in [2.45, 2.75) is 26.8 Å². The number of imidazole rings is 1. The van der Waals surface area contributed by atoms with E-state index >= 15 is 0 Å². The molecule has 0 radical (unpaired) electrons. The third-order valence-corrected chi connectivity index (χ3v) is 3.85. The Morgan fingerprint density at radius 1 is 1.35 bits per heavy atom. The molecule has 0 fully saturated rings. The summed E-state index contributed by atoms with van der Waals surface area (Å²) in [5, 5.41) is 9.02. The molecule has 0 atom stereocenters. The Balaban J connectivity index is 2.27. The Labute approximate surface area is 124 Å². The SMILES string of the molecule is CCCN(CC)CCn1c(=S)[nH]c2ccc(C#N)cc21. The maximum absolute atomic E-state index is 9.02. The van der Waals surface area contributed by atoms with E-state index in [1.165, 1.54) is 0 Å². The minimum absolute atomic E-state index is 0.668. The lowest BCUT2D eigenvalue weighted by Crippen LogP contribution is -2.28. The second-order valence-corrected chi connectivity index (χ2v) is 5.25. The number of nitrogens with one attached hydrogen (secondary N) is 1. The first-order valence-corrected chi connectivity index (χ1v) is 7.45. The van der Waals surface area contributed by atoms with Crippen LogP contribution in [0.1, 0.15) is 25.8 Å². The maximum Gasteiger partial charge on any atom is 0.178 e. The second-order valence-electron chi connectivity index (χ2n) is 4.86. The highest BCUT2D eigenvalue weighted by Gasteiger charge is 2.07. The molecule has 20 heavy (non-hydrogen) atoms. The van der Waals surface area contributed by atoms with Crippen LogP contribution in [0.2, 0.25) is 0 Å². The van der Waals surface area contributed by atoms with Crippen molar-refractivity contribution in [1.82, 2.24) is 14.5 Å². The van der Waals surface area contributed by atoms with E-state index in [1.54, 1.807) is 0 Å². The Bertz CT molecular complexity index is 677. The Morgan fingerprint density at radius 2 is 2.15 bits per heavy atom. The molecular weight excluding hydrogens is 268 g/mol. The van der Waals surface area contributed by atoms with Crippen molar-refractivity contribution in [3.63, 3.8) is 0 Å². The number of nitriles is 1. The summed E-state index contributed by atoms with van der Waals surface area (Å²) in [5.74, 6) is 0. The predicted molar refractivity (Wildman–Crippen MR) is 84.2 cm³/mol. The van der Waals surface area contributed by atoms with Gasteiger partial charge >= 0.3 is 0 Å². The number of fused-ring (bicyclic) bond motifs is 1. The zero-order valence-electron chi connectivity index (χ0n) is 12.0. The lowest BCUT2D eigenvalue weighted by molar-refractivity contribution is 0.277. The van der Waals surface area contributed by atoms with Gasteiger partial charge in [-0.15, -0.1) is 0 Å². The number of hydrogen-bond donors (Lipinski definition) is 1. The molecule has 5 heteroatoms. The average molecular weight is 288 g/mol. The van der Waals surface area contributed by atoms with Crippen LogP contribution < -0.4 is 0 Å². The molecule has 4 nitrogen and oxygen atoms in total. The molecule has 1 N–H and O–H groups in total. The Morgan fingerprint density at radius 3 is 2.80 bits per heavy atom. The molecule has 0 spiro atoms. The quantitative estimate of drug-likeness (QED) is 0.830. The summed E-state index contributed by atoms with van der Waals surface area (Å²) >= 11 is 5.39. The summed E-state index contributed by atoms with van der Waals surface area (Å²) in [7, 11) is 0. The van der Waals surface area contributed by atoms with Gasteiger partial charge in [-0.05, 0) is 49.9 Å². The van der Waals surface area contributed by atoms with Gasteiger partial charge in [-0.3, -0.25) is 0 Å². The molecule has 0 unspecified atom stereocenters. The highest BCUT2D eigenvalue weighted by atomic mass is 32.1. The van der Waals surface area contributed by atoms with Crippen molar-refractivity contribution >= 4 is 23.3 Å². The normalized spacial score (nSPS) is 11.1. The number of H-pyrrole nitrogens is 1. The molecule has 1 aromatic heterocycles. The molecule has 1 heterocycles. The molecule has 106 valence electrons. The zero-order valence-corrected chi connectivity index (χ0v) is 12.8. The molecular formula is C15H20N4S. The molecule has 0 amide bonds. The molecule has 2 rings (SSSR count). The van der Waals surface area contributed by atoms with Crippen molar-refractivity contribution in [1.29, 1.82) is 5.26 Å². The van der Waals surface area contributed by atoms with Gasteiger partial charge in [0.1, 0.15) is 0 Å². The van der Waals surface area contributed by atoms with Gasteiger partial charge in [0.25, 0.3) is 0 Å². The largest absolute Gasteiger partial charge is 0.331 e. The van der Waals surface area contributed by atoms with Crippen molar-refractivity contribution < 1.29 is 0 Å². The molecule has 0 aliphatic carbocycles. The molecule has 0 bridgehead atoms. The third-order valence-electron chi connectivity index (χ3n) is 3.53. The number of rotatable bonds is 6. The van der Waals surface area contributed by atoms with Crippen LogP contribution in [0.3, 0.4) is 0 Å². The monoisotopic (exact) mass is 288 g/mol. The lowest BCUT2D eigenvalue weighted by Gasteiger charge is -2.19. The molecule has 2 aromatic rings. The van der Waals surface area contributed by atoms with Gasteiger partial charge in [-0.1, -0.05) is 13.8 Å². The van der Waals surface area contributed by atoms with Crippen LogP contribution in [-0.2, 0) is 6.54 Å². The van der Waals surface area contributed by atoms with E-state index in [9.17, 15) is 0 Å². The number of benzene rings is 1. The summed E-state index contributed by atoms with van der Waals surface area (Å²) in [5.41, 5.74) is 2.68. The topological polar surface area (TPSA) is 47.8 Å². The number of nitrogens with zero attached hydrogens (tertiary/aromatic N) is 3. The highest BCUT2D eigenvalue weighted by molar-refractivity contribution is 7.71. The van der Waals surface area contributed by atoms with Gasteiger partial charge in [0, 0.05) is 13.1 Å². The molecule has 0 aliphatic rings. The van der Waals surface area contributed by atoms with E-state index in [-0.39, 0.29) is 0 Å². The first-order chi connectivity index (χ1) is 9.69. The van der Waals surface area contributed by atoms with E-state index < -0.39 is 0 Å². The summed E-state index contributed by atoms with van der Waals surface area (Å²) in [6, 6.07) is 7.81. The molecule has 1 aromatic carbocycles. The standard InChI is InChI=1S/C15H20N4S/c1-3-7-18(4-2)8-9-19-14-10-12(11-16)5-6-13(14)17-15(19)20/h5-6,10H,3-4,7-9H2,1-2H3,(H,17,20). The minimum atomic E-state index is 0.668. The summed E-state index contributed by atoms with van der Waals surface area (Å²) in [6.07, 6.45) is 1.16. The van der Waals surface area contributed by atoms with Crippen LogP contribution in [0.4, 0.5) is 0 Å². The lowest BCUT2D eigenvalue weighted by atomic mass is 10.2. The van der Waals surface area contributed by atoms with E-state index in [4.69, 9.17) is 17.5 Å². The van der Waals surface area contributed by atoms with Crippen molar-refractivity contribution in [2.24, 2.45) is 0 Å². The summed E-state index contributed by atoms with van der Waals surface area (Å²) < 4.78 is 2.81. The van der Waals surface area contributed by atoms with E-state index in [1.807, 2.05) is 18.2 Å². The van der Waals surface area contributed by atoms with Gasteiger partial charge in [-0.2, -0.15) is 5.26 Å². The first-order valence-electron chi connectivity index (χ1n) is 7.04. The fraction of sp³-hybridized carbons (Fsp3) is 0.467. The Kier molecular flexibility index (Phi) is 4.94. The van der Waals surface area contributed by atoms with Crippen molar-refractivity contribution in [3.05, 3.63) is 28.5 Å². The maximum atomic E-state index is 9.02. The Hall–Kier alpha value is -1.64. The summed E-state index contributed by atoms with van der Waals surface area (Å²) in [6.45, 7) is 8.35. The van der Waals surface area contributed by atoms with Crippen molar-refractivity contribution in [2.75, 3.05) is 19.6 Å². The van der Waals surface area contributed by atoms with E-state index in [0.717, 1.165) is 48.4 Å². The predicted octanol–water partition coefficient (Wildman–Crippen LogP) is 3.30.